The van der Waals surface area contributed by atoms with E-state index in [1.807, 2.05) is 9.34 Å². The molecule has 2 aliphatic heterocycles. The van der Waals surface area contributed by atoms with Crippen LogP contribution in [0.15, 0.2) is 0 Å². The van der Waals surface area contributed by atoms with Crippen LogP contribution in [-0.2, 0) is 18.6 Å². The first kappa shape index (κ1) is 26.3. The minimum absolute atomic E-state index is 0.587. The zero-order valence-electron chi connectivity index (χ0n) is 19.5. The van der Waals surface area contributed by atoms with Gasteiger partial charge in [0.25, 0.3) is 0 Å². The summed E-state index contributed by atoms with van der Waals surface area (Å²) in [4.78, 5) is 0. The molecule has 0 aliphatic carbocycles. The van der Waals surface area contributed by atoms with Gasteiger partial charge in [0.2, 0.25) is 0 Å². The fourth-order valence-corrected chi connectivity index (χ4v) is 6.65. The molecule has 0 radical (unpaired) electrons. The van der Waals surface area contributed by atoms with Gasteiger partial charge in [-0.15, -0.1) is 0 Å². The lowest BCUT2D eigenvalue weighted by Gasteiger charge is -2.41. The molecule has 0 aromatic carbocycles. The molecule has 0 unspecified atom stereocenters. The zero-order valence-corrected chi connectivity index (χ0v) is 20.4. The molecule has 2 aliphatic rings. The number of nitrogens with zero attached hydrogens (tertiary/aromatic N) is 2. The van der Waals surface area contributed by atoms with Crippen LogP contribution in [0.1, 0.15) is 90.4 Å². The van der Waals surface area contributed by atoms with Gasteiger partial charge < -0.3 is 14.0 Å². The van der Waals surface area contributed by atoms with E-state index >= 15 is 0 Å². The lowest BCUT2D eigenvalue weighted by Crippen LogP contribution is -2.43. The molecule has 178 valence electrons. The second-order valence-electron chi connectivity index (χ2n) is 8.70. The van der Waals surface area contributed by atoms with Crippen molar-refractivity contribution in [2.45, 2.75) is 90.4 Å². The van der Waals surface area contributed by atoms with Crippen LogP contribution in [0.25, 0.3) is 0 Å². The number of morpholine rings is 2. The molecule has 0 aromatic rings. The Morgan fingerprint density at radius 2 is 1.00 bits per heavy atom. The minimum atomic E-state index is -2.95. The summed E-state index contributed by atoms with van der Waals surface area (Å²) in [6.07, 6.45) is 17.3. The lowest BCUT2D eigenvalue weighted by atomic mass is 10.0. The Kier molecular flexibility index (Phi) is 14.6. The Balaban J connectivity index is 1.52. The van der Waals surface area contributed by atoms with Crippen molar-refractivity contribution in [3.05, 3.63) is 0 Å². The van der Waals surface area contributed by atoms with Gasteiger partial charge in [-0.05, 0) is 6.42 Å². The second-order valence-corrected chi connectivity index (χ2v) is 11.1. The summed E-state index contributed by atoms with van der Waals surface area (Å²) in [7, 11) is -2.95. The summed E-state index contributed by atoms with van der Waals surface area (Å²) in [5, 5.41) is 0. The summed E-state index contributed by atoms with van der Waals surface area (Å²) in [5.74, 6) is 0. The van der Waals surface area contributed by atoms with Gasteiger partial charge in [-0.2, -0.15) is 0 Å². The monoisotopic (exact) mass is 446 g/mol. The van der Waals surface area contributed by atoms with E-state index < -0.39 is 7.67 Å². The van der Waals surface area contributed by atoms with Gasteiger partial charge in [0.15, 0.2) is 0 Å². The molecule has 2 heterocycles. The molecule has 2 fully saturated rings. The predicted molar refractivity (Wildman–Crippen MR) is 124 cm³/mol. The second kappa shape index (κ2) is 16.6. The van der Waals surface area contributed by atoms with Crippen molar-refractivity contribution in [1.29, 1.82) is 0 Å². The number of unbranched alkanes of at least 4 members (excludes halogenated alkanes) is 12. The van der Waals surface area contributed by atoms with Crippen molar-refractivity contribution >= 4 is 7.67 Å². The summed E-state index contributed by atoms with van der Waals surface area (Å²) in [6.45, 7) is 8.16. The summed E-state index contributed by atoms with van der Waals surface area (Å²) in [6, 6.07) is 0. The van der Waals surface area contributed by atoms with Crippen LogP contribution in [0.2, 0.25) is 0 Å². The van der Waals surface area contributed by atoms with Gasteiger partial charge in [0.1, 0.15) is 0 Å². The van der Waals surface area contributed by atoms with Gasteiger partial charge in [-0.1, -0.05) is 84.0 Å². The fourth-order valence-electron chi connectivity index (χ4n) is 4.26. The maximum absolute atomic E-state index is 13.8. The number of rotatable bonds is 17. The average Bonchev–Trinajstić information content (AvgIpc) is 2.80. The van der Waals surface area contributed by atoms with E-state index in [9.17, 15) is 4.57 Å². The van der Waals surface area contributed by atoms with Gasteiger partial charge in [-0.3, -0.25) is 4.57 Å². The Labute approximate surface area is 185 Å². The highest BCUT2D eigenvalue weighted by molar-refractivity contribution is 7.54. The largest absolute Gasteiger partial charge is 0.379 e. The maximum atomic E-state index is 13.8. The standard InChI is InChI=1S/C23H47N2O4P/c1-2-3-4-5-6-7-8-9-10-11-12-13-14-19-29-30(26,24-15-20-27-21-16-24)25-17-22-28-23-18-25/h2-23H2,1H3. The van der Waals surface area contributed by atoms with Gasteiger partial charge in [-0.25, -0.2) is 9.34 Å². The van der Waals surface area contributed by atoms with Crippen molar-refractivity contribution in [3.63, 3.8) is 0 Å². The van der Waals surface area contributed by atoms with E-state index in [0.29, 0.717) is 59.2 Å². The van der Waals surface area contributed by atoms with Crippen LogP contribution >= 0.6 is 7.67 Å². The van der Waals surface area contributed by atoms with Gasteiger partial charge in [0, 0.05) is 26.2 Å². The molecular weight excluding hydrogens is 399 g/mol. The van der Waals surface area contributed by atoms with E-state index in [0.717, 1.165) is 6.42 Å². The molecule has 30 heavy (non-hydrogen) atoms. The minimum Gasteiger partial charge on any atom is -0.379 e. The Hall–Kier alpha value is 0.0300. The zero-order chi connectivity index (χ0) is 21.3. The van der Waals surface area contributed by atoms with Gasteiger partial charge >= 0.3 is 7.67 Å². The van der Waals surface area contributed by atoms with E-state index in [4.69, 9.17) is 14.0 Å². The first-order chi connectivity index (χ1) is 14.8. The Morgan fingerprint density at radius 1 is 0.633 bits per heavy atom. The highest BCUT2D eigenvalue weighted by Crippen LogP contribution is 2.54. The molecule has 6 nitrogen and oxygen atoms in total. The van der Waals surface area contributed by atoms with E-state index in [1.165, 1.54) is 77.0 Å². The Bertz CT molecular complexity index is 432. The van der Waals surface area contributed by atoms with Crippen LogP contribution in [0.4, 0.5) is 0 Å². The van der Waals surface area contributed by atoms with Crippen LogP contribution in [0.3, 0.4) is 0 Å². The quantitative estimate of drug-likeness (QED) is 0.206. The summed E-state index contributed by atoms with van der Waals surface area (Å²) < 4.78 is 34.8. The molecule has 7 heteroatoms. The van der Waals surface area contributed by atoms with Crippen LogP contribution in [-0.4, -0.2) is 68.6 Å². The van der Waals surface area contributed by atoms with Crippen LogP contribution in [0, 0.1) is 0 Å². The average molecular weight is 447 g/mol. The summed E-state index contributed by atoms with van der Waals surface area (Å²) >= 11 is 0. The maximum Gasteiger partial charge on any atom is 0.346 e. The SMILES string of the molecule is CCCCCCCCCCCCCCCOP(=O)(N1CCOCC1)N1CCOCC1. The van der Waals surface area contributed by atoms with Crippen molar-refractivity contribution in [3.8, 4) is 0 Å². The highest BCUT2D eigenvalue weighted by atomic mass is 31.2. The van der Waals surface area contributed by atoms with Crippen molar-refractivity contribution < 1.29 is 18.6 Å². The first-order valence-corrected chi connectivity index (χ1v) is 14.2. The third-order valence-corrected chi connectivity index (χ3v) is 8.95. The topological polar surface area (TPSA) is 51.2 Å². The van der Waals surface area contributed by atoms with Gasteiger partial charge in [0.05, 0.1) is 33.0 Å². The molecule has 0 bridgehead atoms. The predicted octanol–water partition coefficient (Wildman–Crippen LogP) is 5.87. The normalized spacial score (nSPS) is 19.4. The molecular formula is C23H47N2O4P. The molecule has 0 N–H and O–H groups in total. The molecule has 0 aromatic heterocycles. The number of hydrogen-bond acceptors (Lipinski definition) is 4. The van der Waals surface area contributed by atoms with Crippen LogP contribution < -0.4 is 0 Å². The molecule has 0 atom stereocenters. The highest BCUT2D eigenvalue weighted by Gasteiger charge is 2.40. The number of hydrogen-bond donors (Lipinski definition) is 0. The van der Waals surface area contributed by atoms with E-state index in [-0.39, 0.29) is 0 Å². The molecule has 0 spiro atoms. The van der Waals surface area contributed by atoms with Crippen molar-refractivity contribution in [2.24, 2.45) is 0 Å². The molecule has 2 saturated heterocycles. The van der Waals surface area contributed by atoms with Crippen molar-refractivity contribution in [1.82, 2.24) is 9.34 Å². The van der Waals surface area contributed by atoms with E-state index in [1.54, 1.807) is 0 Å². The summed E-state index contributed by atoms with van der Waals surface area (Å²) in [5.41, 5.74) is 0. The third-order valence-electron chi connectivity index (χ3n) is 6.20. The first-order valence-electron chi connectivity index (χ1n) is 12.7. The number of ether oxygens (including phenoxy) is 2. The lowest BCUT2D eigenvalue weighted by molar-refractivity contribution is 0.0374. The van der Waals surface area contributed by atoms with E-state index in [2.05, 4.69) is 6.92 Å². The van der Waals surface area contributed by atoms with Crippen LogP contribution in [0.5, 0.6) is 0 Å². The molecule has 0 amide bonds. The fraction of sp³-hybridized carbons (Fsp3) is 1.00. The van der Waals surface area contributed by atoms with Crippen molar-refractivity contribution in [2.75, 3.05) is 59.2 Å². The molecule has 2 rings (SSSR count). The molecule has 0 saturated carbocycles. The third kappa shape index (κ3) is 10.1. The smallest absolute Gasteiger partial charge is 0.346 e. The Morgan fingerprint density at radius 3 is 1.40 bits per heavy atom.